The van der Waals surface area contributed by atoms with Gasteiger partial charge in [0.25, 0.3) is 5.56 Å². The molecule has 0 radical (unpaired) electrons. The summed E-state index contributed by atoms with van der Waals surface area (Å²) in [5.74, 6) is 0.487. The Morgan fingerprint density at radius 1 is 1.27 bits per heavy atom. The quantitative estimate of drug-likeness (QED) is 0.752. The normalized spacial score (nSPS) is 10.2. The van der Waals surface area contributed by atoms with Gasteiger partial charge in [-0.1, -0.05) is 6.07 Å². The predicted molar refractivity (Wildman–Crippen MR) is 59.0 cm³/mol. The van der Waals surface area contributed by atoms with Crippen LogP contribution >= 0.6 is 0 Å². The van der Waals surface area contributed by atoms with Gasteiger partial charge in [-0.05, 0) is 25.1 Å². The second kappa shape index (κ2) is 3.57. The van der Waals surface area contributed by atoms with Crippen molar-refractivity contribution in [3.8, 4) is 5.82 Å². The molecule has 0 fully saturated rings. The molecule has 0 unspecified atom stereocenters. The molecule has 4 heteroatoms. The van der Waals surface area contributed by atoms with Crippen molar-refractivity contribution in [1.29, 1.82) is 0 Å². The van der Waals surface area contributed by atoms with Gasteiger partial charge in [0, 0.05) is 18.0 Å². The van der Waals surface area contributed by atoms with E-state index in [2.05, 4.69) is 4.98 Å². The average Bonchev–Trinajstić information content (AvgIpc) is 2.23. The number of nitrogens with zero attached hydrogens (tertiary/aromatic N) is 2. The lowest BCUT2D eigenvalue weighted by Crippen LogP contribution is -2.18. The number of pyridine rings is 2. The first-order valence-corrected chi connectivity index (χ1v) is 4.59. The summed E-state index contributed by atoms with van der Waals surface area (Å²) in [6.07, 6.45) is 1.65. The van der Waals surface area contributed by atoms with E-state index in [9.17, 15) is 4.79 Å². The van der Waals surface area contributed by atoms with E-state index < -0.39 is 0 Å². The topological polar surface area (TPSA) is 60.9 Å². The maximum Gasteiger partial charge on any atom is 0.256 e. The molecule has 0 spiro atoms. The summed E-state index contributed by atoms with van der Waals surface area (Å²) in [6.45, 7) is 1.86. The van der Waals surface area contributed by atoms with Crippen LogP contribution in [0, 0.1) is 6.92 Å². The van der Waals surface area contributed by atoms with Crippen molar-refractivity contribution >= 4 is 5.69 Å². The average molecular weight is 201 g/mol. The number of hydrogen-bond donors (Lipinski definition) is 1. The van der Waals surface area contributed by atoms with E-state index in [0.29, 0.717) is 11.5 Å². The lowest BCUT2D eigenvalue weighted by atomic mass is 10.3. The molecule has 15 heavy (non-hydrogen) atoms. The highest BCUT2D eigenvalue weighted by Crippen LogP contribution is 2.12. The van der Waals surface area contributed by atoms with E-state index in [4.69, 9.17) is 5.73 Å². The van der Waals surface area contributed by atoms with Crippen LogP contribution in [-0.2, 0) is 0 Å². The Hall–Kier alpha value is -2.10. The summed E-state index contributed by atoms with van der Waals surface area (Å²) in [5, 5.41) is 0. The number of anilines is 1. The minimum atomic E-state index is -0.137. The lowest BCUT2D eigenvalue weighted by Gasteiger charge is -2.07. The molecule has 0 aliphatic heterocycles. The van der Waals surface area contributed by atoms with Crippen LogP contribution in [0.15, 0.2) is 41.3 Å². The van der Waals surface area contributed by atoms with Crippen LogP contribution in [0.4, 0.5) is 5.69 Å². The molecule has 0 bridgehead atoms. The van der Waals surface area contributed by atoms with Crippen LogP contribution in [0.5, 0.6) is 0 Å². The standard InChI is InChI=1S/C11H11N3O/c1-8-5-6-9(12)11(13-8)14-7-3-2-4-10(14)15/h2-7H,12H2,1H3. The molecule has 0 aromatic carbocycles. The molecule has 0 atom stereocenters. The molecule has 2 aromatic heterocycles. The molecule has 0 amide bonds. The summed E-state index contributed by atoms with van der Waals surface area (Å²) in [6, 6.07) is 8.49. The van der Waals surface area contributed by atoms with Gasteiger partial charge in [0.15, 0.2) is 5.82 Å². The van der Waals surface area contributed by atoms with Crippen molar-refractivity contribution in [2.45, 2.75) is 6.92 Å². The number of nitrogens with two attached hydrogens (primary N) is 1. The molecular weight excluding hydrogens is 190 g/mol. The Kier molecular flexibility index (Phi) is 2.25. The van der Waals surface area contributed by atoms with E-state index in [1.165, 1.54) is 10.6 Å². The molecule has 4 nitrogen and oxygen atoms in total. The Bertz CT molecular complexity index is 546. The zero-order valence-electron chi connectivity index (χ0n) is 8.34. The summed E-state index contributed by atoms with van der Waals surface area (Å²) < 4.78 is 1.43. The summed E-state index contributed by atoms with van der Waals surface area (Å²) in [4.78, 5) is 15.8. The van der Waals surface area contributed by atoms with Crippen molar-refractivity contribution in [1.82, 2.24) is 9.55 Å². The predicted octanol–water partition coefficient (Wildman–Crippen LogP) is 1.12. The van der Waals surface area contributed by atoms with Gasteiger partial charge in [0.1, 0.15) is 0 Å². The van der Waals surface area contributed by atoms with E-state index in [1.54, 1.807) is 24.4 Å². The van der Waals surface area contributed by atoms with Gasteiger partial charge in [-0.15, -0.1) is 0 Å². The highest BCUT2D eigenvalue weighted by atomic mass is 16.1. The maximum absolute atomic E-state index is 11.6. The van der Waals surface area contributed by atoms with Gasteiger partial charge < -0.3 is 5.73 Å². The van der Waals surface area contributed by atoms with Gasteiger partial charge in [0.2, 0.25) is 0 Å². The van der Waals surface area contributed by atoms with Crippen molar-refractivity contribution in [2.24, 2.45) is 0 Å². The number of hydrogen-bond acceptors (Lipinski definition) is 3. The smallest absolute Gasteiger partial charge is 0.256 e. The third-order valence-corrected chi connectivity index (χ3v) is 2.10. The van der Waals surface area contributed by atoms with E-state index >= 15 is 0 Å². The Morgan fingerprint density at radius 2 is 2.07 bits per heavy atom. The molecule has 76 valence electrons. The molecule has 0 saturated heterocycles. The van der Waals surface area contributed by atoms with Gasteiger partial charge in [-0.3, -0.25) is 9.36 Å². The molecule has 2 aromatic rings. The second-order valence-corrected chi connectivity index (χ2v) is 3.27. The van der Waals surface area contributed by atoms with Crippen molar-refractivity contribution in [2.75, 3.05) is 5.73 Å². The lowest BCUT2D eigenvalue weighted by molar-refractivity contribution is 0.933. The van der Waals surface area contributed by atoms with Gasteiger partial charge in [0.05, 0.1) is 5.69 Å². The maximum atomic E-state index is 11.6. The Labute approximate surface area is 87.0 Å². The molecule has 0 saturated carbocycles. The van der Waals surface area contributed by atoms with E-state index in [0.717, 1.165) is 5.69 Å². The molecule has 2 N–H and O–H groups in total. The first-order chi connectivity index (χ1) is 7.18. The van der Waals surface area contributed by atoms with Crippen molar-refractivity contribution in [3.63, 3.8) is 0 Å². The highest BCUT2D eigenvalue weighted by Gasteiger charge is 2.04. The fourth-order valence-corrected chi connectivity index (χ4v) is 1.35. The van der Waals surface area contributed by atoms with Gasteiger partial charge in [-0.2, -0.15) is 0 Å². The first-order valence-electron chi connectivity index (χ1n) is 4.59. The minimum Gasteiger partial charge on any atom is -0.396 e. The number of rotatable bonds is 1. The van der Waals surface area contributed by atoms with Crippen LogP contribution in [0.2, 0.25) is 0 Å². The summed E-state index contributed by atoms with van der Waals surface area (Å²) >= 11 is 0. The van der Waals surface area contributed by atoms with Crippen LogP contribution in [0.25, 0.3) is 5.82 Å². The molecular formula is C11H11N3O. The van der Waals surface area contributed by atoms with Crippen molar-refractivity contribution in [3.05, 3.63) is 52.6 Å². The molecule has 0 aliphatic carbocycles. The van der Waals surface area contributed by atoms with Crippen LogP contribution in [0.3, 0.4) is 0 Å². The molecule has 2 rings (SSSR count). The SMILES string of the molecule is Cc1ccc(N)c(-n2ccccc2=O)n1. The minimum absolute atomic E-state index is 0.137. The molecule has 0 aliphatic rings. The van der Waals surface area contributed by atoms with E-state index in [-0.39, 0.29) is 5.56 Å². The fourth-order valence-electron chi connectivity index (χ4n) is 1.35. The van der Waals surface area contributed by atoms with E-state index in [1.807, 2.05) is 13.0 Å². The van der Waals surface area contributed by atoms with Crippen molar-refractivity contribution < 1.29 is 0 Å². The number of aromatic nitrogens is 2. The third-order valence-electron chi connectivity index (χ3n) is 2.10. The zero-order valence-corrected chi connectivity index (χ0v) is 8.34. The van der Waals surface area contributed by atoms with Gasteiger partial charge in [-0.25, -0.2) is 4.98 Å². The molecule has 2 heterocycles. The summed E-state index contributed by atoms with van der Waals surface area (Å²) in [5.41, 5.74) is 6.95. The Balaban J connectivity index is 2.69. The van der Waals surface area contributed by atoms with Crippen LogP contribution in [0.1, 0.15) is 5.69 Å². The monoisotopic (exact) mass is 201 g/mol. The van der Waals surface area contributed by atoms with Crippen LogP contribution < -0.4 is 11.3 Å². The zero-order chi connectivity index (χ0) is 10.8. The first kappa shape index (κ1) is 9.45. The Morgan fingerprint density at radius 3 is 2.80 bits per heavy atom. The number of nitrogen functional groups attached to an aromatic ring is 1. The second-order valence-electron chi connectivity index (χ2n) is 3.27. The summed E-state index contributed by atoms with van der Waals surface area (Å²) in [7, 11) is 0. The van der Waals surface area contributed by atoms with Gasteiger partial charge >= 0.3 is 0 Å². The fraction of sp³-hybridized carbons (Fsp3) is 0.0909. The third kappa shape index (κ3) is 1.74. The van der Waals surface area contributed by atoms with Crippen LogP contribution in [-0.4, -0.2) is 9.55 Å². The highest BCUT2D eigenvalue weighted by molar-refractivity contribution is 5.53. The largest absolute Gasteiger partial charge is 0.396 e. The number of aryl methyl sites for hydroxylation is 1.